The molecule has 0 unspecified atom stereocenters. The molecule has 112 valence electrons. The number of ether oxygens (including phenoxy) is 1. The second kappa shape index (κ2) is 6.72. The van der Waals surface area contributed by atoms with Crippen LogP contribution in [-0.2, 0) is 14.8 Å². The summed E-state index contributed by atoms with van der Waals surface area (Å²) in [5.74, 6) is 0.0344. The minimum atomic E-state index is -3.67. The number of benzene rings is 1. The lowest BCUT2D eigenvalue weighted by Gasteiger charge is -2.19. The van der Waals surface area contributed by atoms with Gasteiger partial charge in [-0.3, -0.25) is 4.79 Å². The van der Waals surface area contributed by atoms with Gasteiger partial charge in [0.05, 0.1) is 10.6 Å². The molecular formula is C10H13BrClN3O4S. The lowest BCUT2D eigenvalue weighted by Crippen LogP contribution is -2.30. The van der Waals surface area contributed by atoms with Crippen LogP contribution in [0.4, 0.5) is 5.69 Å². The van der Waals surface area contributed by atoms with Crippen molar-refractivity contribution in [3.63, 3.8) is 0 Å². The third-order valence-electron chi connectivity index (χ3n) is 2.39. The lowest BCUT2D eigenvalue weighted by atomic mass is 10.2. The van der Waals surface area contributed by atoms with Crippen molar-refractivity contribution in [2.24, 2.45) is 5.73 Å². The van der Waals surface area contributed by atoms with Crippen molar-refractivity contribution < 1.29 is 17.9 Å². The maximum absolute atomic E-state index is 12.0. The Morgan fingerprint density at radius 3 is 2.80 bits per heavy atom. The van der Waals surface area contributed by atoms with Crippen LogP contribution < -0.4 is 20.5 Å². The number of carbonyl (C=O) groups is 1. The highest BCUT2D eigenvalue weighted by Gasteiger charge is 2.23. The SMILES string of the molecule is Cl.NCCNS(=O)(=O)c1cc2c(cc1Br)NC(=O)CO2. The van der Waals surface area contributed by atoms with Gasteiger partial charge in [-0.25, -0.2) is 13.1 Å². The standard InChI is InChI=1S/C10H12BrN3O4S.ClH/c11-6-3-7-8(18-5-10(15)14-7)4-9(6)19(16,17)13-2-1-12;/h3-4,13H,1-2,5,12H2,(H,14,15);1H. The Labute approximate surface area is 130 Å². The zero-order chi connectivity index (χ0) is 14.0. The fourth-order valence-electron chi connectivity index (χ4n) is 1.56. The molecule has 0 fully saturated rings. The summed E-state index contributed by atoms with van der Waals surface area (Å²) in [4.78, 5) is 11.2. The number of fused-ring (bicyclic) bond motifs is 1. The van der Waals surface area contributed by atoms with Gasteiger partial charge in [0.15, 0.2) is 6.61 Å². The number of carbonyl (C=O) groups excluding carboxylic acids is 1. The third-order valence-corrected chi connectivity index (χ3v) is 4.81. The van der Waals surface area contributed by atoms with E-state index < -0.39 is 10.0 Å². The normalized spacial score (nSPS) is 13.8. The molecule has 0 atom stereocenters. The number of sulfonamides is 1. The number of halogens is 2. The van der Waals surface area contributed by atoms with Gasteiger partial charge in [-0.05, 0) is 22.0 Å². The molecule has 1 heterocycles. The van der Waals surface area contributed by atoms with Crippen molar-refractivity contribution in [3.05, 3.63) is 16.6 Å². The molecular weight excluding hydrogens is 374 g/mol. The van der Waals surface area contributed by atoms with E-state index >= 15 is 0 Å². The monoisotopic (exact) mass is 385 g/mol. The summed E-state index contributed by atoms with van der Waals surface area (Å²) in [6.07, 6.45) is 0. The molecule has 2 rings (SSSR count). The molecule has 20 heavy (non-hydrogen) atoms. The number of nitrogens with one attached hydrogen (secondary N) is 2. The number of anilines is 1. The first-order valence-electron chi connectivity index (χ1n) is 5.40. The Bertz CT molecular complexity index is 623. The van der Waals surface area contributed by atoms with Crippen molar-refractivity contribution in [1.82, 2.24) is 4.72 Å². The average Bonchev–Trinajstić information content (AvgIpc) is 2.35. The van der Waals surface area contributed by atoms with Crippen LogP contribution in [0.5, 0.6) is 5.75 Å². The highest BCUT2D eigenvalue weighted by atomic mass is 79.9. The molecule has 10 heteroatoms. The van der Waals surface area contributed by atoms with Gasteiger partial charge in [-0.15, -0.1) is 12.4 Å². The van der Waals surface area contributed by atoms with E-state index in [0.717, 1.165) is 0 Å². The van der Waals surface area contributed by atoms with E-state index in [9.17, 15) is 13.2 Å². The highest BCUT2D eigenvalue weighted by molar-refractivity contribution is 9.10. The van der Waals surface area contributed by atoms with Crippen LogP contribution >= 0.6 is 28.3 Å². The smallest absolute Gasteiger partial charge is 0.262 e. The Balaban J connectivity index is 0.00000200. The summed E-state index contributed by atoms with van der Waals surface area (Å²) in [5.41, 5.74) is 5.70. The summed E-state index contributed by atoms with van der Waals surface area (Å²) in [5, 5.41) is 2.59. The van der Waals surface area contributed by atoms with Crippen molar-refractivity contribution >= 4 is 50.0 Å². The summed E-state index contributed by atoms with van der Waals surface area (Å²) >= 11 is 3.17. The molecule has 7 nitrogen and oxygen atoms in total. The summed E-state index contributed by atoms with van der Waals surface area (Å²) in [6.45, 7) is 0.210. The van der Waals surface area contributed by atoms with Crippen LogP contribution in [0.3, 0.4) is 0 Å². The van der Waals surface area contributed by atoms with E-state index in [1.54, 1.807) is 0 Å². The van der Waals surface area contributed by atoms with E-state index in [-0.39, 0.29) is 42.9 Å². The molecule has 0 saturated carbocycles. The summed E-state index contributed by atoms with van der Waals surface area (Å²) in [6, 6.07) is 2.85. The van der Waals surface area contributed by atoms with Crippen molar-refractivity contribution in [2.75, 3.05) is 25.0 Å². The van der Waals surface area contributed by atoms with E-state index in [1.807, 2.05) is 0 Å². The highest BCUT2D eigenvalue weighted by Crippen LogP contribution is 2.35. The maximum Gasteiger partial charge on any atom is 0.262 e. The van der Waals surface area contributed by atoms with E-state index in [2.05, 4.69) is 26.0 Å². The summed E-state index contributed by atoms with van der Waals surface area (Å²) in [7, 11) is -3.67. The first-order valence-corrected chi connectivity index (χ1v) is 7.67. The predicted molar refractivity (Wildman–Crippen MR) is 79.8 cm³/mol. The van der Waals surface area contributed by atoms with Gasteiger partial charge < -0.3 is 15.8 Å². The minimum absolute atomic E-state index is 0. The van der Waals surface area contributed by atoms with Gasteiger partial charge in [0, 0.05) is 23.6 Å². The molecule has 0 bridgehead atoms. The zero-order valence-corrected chi connectivity index (χ0v) is 13.4. The second-order valence-electron chi connectivity index (χ2n) is 3.80. The van der Waals surface area contributed by atoms with E-state index in [0.29, 0.717) is 15.9 Å². The molecule has 0 radical (unpaired) electrons. The molecule has 4 N–H and O–H groups in total. The Kier molecular flexibility index (Phi) is 5.78. The molecule has 0 aliphatic carbocycles. The van der Waals surface area contributed by atoms with Crippen LogP contribution in [-0.4, -0.2) is 34.0 Å². The molecule has 1 aliphatic heterocycles. The summed E-state index contributed by atoms with van der Waals surface area (Å²) < 4.78 is 31.9. The van der Waals surface area contributed by atoms with Crippen molar-refractivity contribution in [2.45, 2.75) is 4.90 Å². The quantitative estimate of drug-likeness (QED) is 0.695. The number of hydrogen-bond donors (Lipinski definition) is 3. The Hall–Kier alpha value is -0.870. The van der Waals surface area contributed by atoms with Gasteiger partial charge in [-0.1, -0.05) is 0 Å². The topological polar surface area (TPSA) is 111 Å². The van der Waals surface area contributed by atoms with Gasteiger partial charge in [-0.2, -0.15) is 0 Å². The molecule has 0 saturated heterocycles. The number of rotatable bonds is 4. The molecule has 1 aliphatic rings. The van der Waals surface area contributed by atoms with Gasteiger partial charge in [0.2, 0.25) is 10.0 Å². The Morgan fingerprint density at radius 1 is 1.45 bits per heavy atom. The molecule has 1 aromatic carbocycles. The fraction of sp³-hybridized carbons (Fsp3) is 0.300. The van der Waals surface area contributed by atoms with Crippen molar-refractivity contribution in [1.29, 1.82) is 0 Å². The van der Waals surface area contributed by atoms with Crippen LogP contribution in [0.1, 0.15) is 0 Å². The van der Waals surface area contributed by atoms with Crippen LogP contribution in [0.25, 0.3) is 0 Å². The first-order chi connectivity index (χ1) is 8.94. The van der Waals surface area contributed by atoms with E-state index in [4.69, 9.17) is 10.5 Å². The molecule has 0 aromatic heterocycles. The van der Waals surface area contributed by atoms with Gasteiger partial charge >= 0.3 is 0 Å². The fourth-order valence-corrected chi connectivity index (χ4v) is 3.66. The number of hydrogen-bond acceptors (Lipinski definition) is 5. The molecule has 1 aromatic rings. The lowest BCUT2D eigenvalue weighted by molar-refractivity contribution is -0.118. The molecule has 0 spiro atoms. The third kappa shape index (κ3) is 3.61. The predicted octanol–water partition coefficient (Wildman–Crippen LogP) is 0.439. The molecule has 1 amide bonds. The first kappa shape index (κ1) is 17.2. The van der Waals surface area contributed by atoms with Crippen LogP contribution in [0, 0.1) is 0 Å². The van der Waals surface area contributed by atoms with Crippen LogP contribution in [0.2, 0.25) is 0 Å². The van der Waals surface area contributed by atoms with Gasteiger partial charge in [0.25, 0.3) is 5.91 Å². The van der Waals surface area contributed by atoms with Crippen LogP contribution in [0.15, 0.2) is 21.5 Å². The maximum atomic E-state index is 12.0. The van der Waals surface area contributed by atoms with E-state index in [1.165, 1.54) is 12.1 Å². The van der Waals surface area contributed by atoms with Crippen molar-refractivity contribution in [3.8, 4) is 5.75 Å². The number of nitrogens with two attached hydrogens (primary N) is 1. The largest absolute Gasteiger partial charge is 0.482 e. The van der Waals surface area contributed by atoms with Gasteiger partial charge in [0.1, 0.15) is 5.75 Å². The minimum Gasteiger partial charge on any atom is -0.482 e. The zero-order valence-electron chi connectivity index (χ0n) is 10.2. The average molecular weight is 387 g/mol. The second-order valence-corrected chi connectivity index (χ2v) is 6.39. The Morgan fingerprint density at radius 2 is 2.15 bits per heavy atom. The number of amides is 1.